The molecule has 1 N–H and O–H groups in total. The van der Waals surface area contributed by atoms with Crippen LogP contribution in [0.2, 0.25) is 0 Å². The number of aromatic nitrogens is 1. The number of sulfonamides is 1. The van der Waals surface area contributed by atoms with E-state index >= 15 is 0 Å². The molecular weight excluding hydrogens is 291 g/mol. The summed E-state index contributed by atoms with van der Waals surface area (Å²) in [7, 11) is -3.90. The van der Waals surface area contributed by atoms with Crippen molar-refractivity contribution < 1.29 is 12.8 Å². The molecule has 1 aromatic carbocycles. The highest BCUT2D eigenvalue weighted by atomic mass is 32.2. The van der Waals surface area contributed by atoms with Gasteiger partial charge >= 0.3 is 0 Å². The van der Waals surface area contributed by atoms with E-state index in [4.69, 9.17) is 0 Å². The van der Waals surface area contributed by atoms with Crippen molar-refractivity contribution in [3.05, 3.63) is 60.0 Å². The SMILES string of the molecule is CC(CCNS(=O)(=O)c1ncccc1F)c1ccccc1. The van der Waals surface area contributed by atoms with E-state index in [2.05, 4.69) is 9.71 Å². The fraction of sp³-hybridized carbons (Fsp3) is 0.267. The highest BCUT2D eigenvalue weighted by Gasteiger charge is 2.20. The van der Waals surface area contributed by atoms with Crippen molar-refractivity contribution in [1.29, 1.82) is 0 Å². The summed E-state index contributed by atoms with van der Waals surface area (Å²) in [6.45, 7) is 2.25. The Morgan fingerprint density at radius 2 is 1.90 bits per heavy atom. The lowest BCUT2D eigenvalue weighted by Gasteiger charge is -2.12. The summed E-state index contributed by atoms with van der Waals surface area (Å²) < 4.78 is 39.8. The first-order valence-corrected chi connectivity index (χ1v) is 8.14. The molecule has 0 aliphatic rings. The van der Waals surface area contributed by atoms with Crippen molar-refractivity contribution >= 4 is 10.0 Å². The van der Waals surface area contributed by atoms with E-state index in [1.807, 2.05) is 37.3 Å². The van der Waals surface area contributed by atoms with E-state index in [0.29, 0.717) is 6.42 Å². The lowest BCUT2D eigenvalue weighted by atomic mass is 9.98. The quantitative estimate of drug-likeness (QED) is 0.892. The fourth-order valence-electron chi connectivity index (χ4n) is 2.00. The predicted molar refractivity (Wildman–Crippen MR) is 78.9 cm³/mol. The van der Waals surface area contributed by atoms with Crippen LogP contribution in [-0.2, 0) is 10.0 Å². The molecule has 21 heavy (non-hydrogen) atoms. The summed E-state index contributed by atoms with van der Waals surface area (Å²) in [5.41, 5.74) is 1.14. The number of rotatable bonds is 6. The van der Waals surface area contributed by atoms with Crippen molar-refractivity contribution in [2.24, 2.45) is 0 Å². The smallest absolute Gasteiger partial charge is 0.241 e. The molecule has 2 rings (SSSR count). The number of benzene rings is 1. The molecule has 112 valence electrons. The zero-order chi connectivity index (χ0) is 15.3. The molecule has 1 aromatic heterocycles. The molecule has 0 amide bonds. The van der Waals surface area contributed by atoms with Crippen molar-refractivity contribution in [3.63, 3.8) is 0 Å². The molecular formula is C15H17FN2O2S. The topological polar surface area (TPSA) is 59.1 Å². The van der Waals surface area contributed by atoms with Gasteiger partial charge in [0.1, 0.15) is 0 Å². The monoisotopic (exact) mass is 308 g/mol. The summed E-state index contributed by atoms with van der Waals surface area (Å²) in [5.74, 6) is -0.636. The van der Waals surface area contributed by atoms with Gasteiger partial charge in [-0.2, -0.15) is 0 Å². The van der Waals surface area contributed by atoms with Crippen molar-refractivity contribution in [2.45, 2.75) is 24.3 Å². The van der Waals surface area contributed by atoms with E-state index in [9.17, 15) is 12.8 Å². The average molecular weight is 308 g/mol. The molecule has 0 radical (unpaired) electrons. The van der Waals surface area contributed by atoms with Crippen LogP contribution in [0.1, 0.15) is 24.8 Å². The van der Waals surface area contributed by atoms with Gasteiger partial charge in [0.05, 0.1) is 0 Å². The molecule has 2 aromatic rings. The first-order valence-electron chi connectivity index (χ1n) is 6.66. The van der Waals surface area contributed by atoms with Gasteiger partial charge in [-0.1, -0.05) is 37.3 Å². The summed E-state index contributed by atoms with van der Waals surface area (Å²) >= 11 is 0. The van der Waals surface area contributed by atoms with Crippen molar-refractivity contribution in [1.82, 2.24) is 9.71 Å². The predicted octanol–water partition coefficient (Wildman–Crippen LogP) is 2.69. The number of hydrogen-bond acceptors (Lipinski definition) is 3. The highest BCUT2D eigenvalue weighted by Crippen LogP contribution is 2.18. The van der Waals surface area contributed by atoms with E-state index in [-0.39, 0.29) is 12.5 Å². The normalized spacial score (nSPS) is 13.0. The molecule has 0 saturated heterocycles. The number of nitrogens with one attached hydrogen (secondary N) is 1. The van der Waals surface area contributed by atoms with Crippen molar-refractivity contribution in [3.8, 4) is 0 Å². The molecule has 1 unspecified atom stereocenters. The van der Waals surface area contributed by atoms with E-state index < -0.39 is 20.9 Å². The Labute approximate surface area is 124 Å². The summed E-state index contributed by atoms with van der Waals surface area (Å²) in [6, 6.07) is 12.2. The van der Waals surface area contributed by atoms with Crippen LogP contribution in [0.4, 0.5) is 4.39 Å². The van der Waals surface area contributed by atoms with Crippen molar-refractivity contribution in [2.75, 3.05) is 6.54 Å². The minimum Gasteiger partial charge on any atom is -0.241 e. The maximum Gasteiger partial charge on any atom is 0.261 e. The van der Waals surface area contributed by atoms with Crippen LogP contribution >= 0.6 is 0 Å². The average Bonchev–Trinajstić information content (AvgIpc) is 2.48. The van der Waals surface area contributed by atoms with Gasteiger partial charge in [-0.3, -0.25) is 0 Å². The van der Waals surface area contributed by atoms with Crippen LogP contribution in [0, 0.1) is 5.82 Å². The molecule has 0 fully saturated rings. The molecule has 0 spiro atoms. The maximum absolute atomic E-state index is 13.5. The maximum atomic E-state index is 13.5. The number of hydrogen-bond donors (Lipinski definition) is 1. The van der Waals surface area contributed by atoms with E-state index in [0.717, 1.165) is 11.6 Å². The first kappa shape index (κ1) is 15.6. The van der Waals surface area contributed by atoms with Crippen LogP contribution in [-0.4, -0.2) is 19.9 Å². The van der Waals surface area contributed by atoms with Gasteiger partial charge in [-0.05, 0) is 30.0 Å². The summed E-state index contributed by atoms with van der Waals surface area (Å²) in [6.07, 6.45) is 1.88. The van der Waals surface area contributed by atoms with Crippen LogP contribution in [0.25, 0.3) is 0 Å². The molecule has 0 bridgehead atoms. The van der Waals surface area contributed by atoms with Gasteiger partial charge in [0, 0.05) is 12.7 Å². The van der Waals surface area contributed by atoms with Gasteiger partial charge in [0.25, 0.3) is 10.0 Å². The van der Waals surface area contributed by atoms with Crippen LogP contribution in [0.3, 0.4) is 0 Å². The Hall–Kier alpha value is -1.79. The van der Waals surface area contributed by atoms with Crippen LogP contribution in [0.5, 0.6) is 0 Å². The minimum absolute atomic E-state index is 0.211. The molecule has 1 atom stereocenters. The Balaban J connectivity index is 1.96. The molecule has 6 heteroatoms. The first-order chi connectivity index (χ1) is 10.0. The van der Waals surface area contributed by atoms with Gasteiger partial charge in [0.15, 0.2) is 5.82 Å². The Morgan fingerprint density at radius 3 is 2.57 bits per heavy atom. The molecule has 0 aliphatic heterocycles. The van der Waals surface area contributed by atoms with Gasteiger partial charge in [-0.25, -0.2) is 22.5 Å². The third-order valence-electron chi connectivity index (χ3n) is 3.22. The molecule has 0 aliphatic carbocycles. The minimum atomic E-state index is -3.90. The van der Waals surface area contributed by atoms with Crippen LogP contribution in [0.15, 0.2) is 53.7 Å². The van der Waals surface area contributed by atoms with E-state index in [1.54, 1.807) is 0 Å². The highest BCUT2D eigenvalue weighted by molar-refractivity contribution is 7.89. The Bertz CT molecular complexity index is 690. The van der Waals surface area contributed by atoms with Gasteiger partial charge in [-0.15, -0.1) is 0 Å². The second-order valence-corrected chi connectivity index (χ2v) is 6.47. The standard InChI is InChI=1S/C15H17FN2O2S/c1-12(13-6-3-2-4-7-13)9-11-18-21(19,20)15-14(16)8-5-10-17-15/h2-8,10,12,18H,9,11H2,1H3. The molecule has 0 saturated carbocycles. The Kier molecular flexibility index (Phi) is 5.03. The third-order valence-corrected chi connectivity index (χ3v) is 4.61. The summed E-state index contributed by atoms with van der Waals surface area (Å²) in [4.78, 5) is 3.58. The largest absolute Gasteiger partial charge is 0.261 e. The number of pyridine rings is 1. The van der Waals surface area contributed by atoms with E-state index in [1.165, 1.54) is 12.3 Å². The zero-order valence-electron chi connectivity index (χ0n) is 11.7. The fourth-order valence-corrected chi connectivity index (χ4v) is 3.04. The lowest BCUT2D eigenvalue weighted by Crippen LogP contribution is -2.27. The van der Waals surface area contributed by atoms with Gasteiger partial charge in [0.2, 0.25) is 5.03 Å². The van der Waals surface area contributed by atoms with Crippen LogP contribution < -0.4 is 4.72 Å². The third kappa shape index (κ3) is 4.09. The molecule has 4 nitrogen and oxygen atoms in total. The lowest BCUT2D eigenvalue weighted by molar-refractivity contribution is 0.540. The Morgan fingerprint density at radius 1 is 1.19 bits per heavy atom. The zero-order valence-corrected chi connectivity index (χ0v) is 12.5. The molecule has 1 heterocycles. The second kappa shape index (κ2) is 6.78. The second-order valence-electron chi connectivity index (χ2n) is 4.79. The summed E-state index contributed by atoms with van der Waals surface area (Å²) in [5, 5.41) is -0.558. The van der Waals surface area contributed by atoms with Gasteiger partial charge < -0.3 is 0 Å². The number of nitrogens with zero attached hydrogens (tertiary/aromatic N) is 1. The number of halogens is 1.